The van der Waals surface area contributed by atoms with Gasteiger partial charge in [0.25, 0.3) is 0 Å². The number of aromatic nitrogens is 2. The van der Waals surface area contributed by atoms with E-state index in [0.717, 1.165) is 16.7 Å². The van der Waals surface area contributed by atoms with E-state index in [2.05, 4.69) is 10.3 Å². The first-order chi connectivity index (χ1) is 9.83. The minimum atomic E-state index is 0.00832. The molecule has 0 aliphatic carbocycles. The highest BCUT2D eigenvalue weighted by Gasteiger charge is 2.05. The highest BCUT2D eigenvalue weighted by molar-refractivity contribution is 5.90. The van der Waals surface area contributed by atoms with Gasteiger partial charge in [-0.25, -0.2) is 4.98 Å². The van der Waals surface area contributed by atoms with Gasteiger partial charge in [0.15, 0.2) is 0 Å². The number of amides is 1. The molecule has 0 atom stereocenters. The van der Waals surface area contributed by atoms with Crippen LogP contribution in [0.15, 0.2) is 60.9 Å². The van der Waals surface area contributed by atoms with Crippen molar-refractivity contribution in [1.82, 2.24) is 9.55 Å². The largest absolute Gasteiger partial charge is 0.330 e. The highest BCUT2D eigenvalue weighted by Crippen LogP contribution is 2.12. The second kappa shape index (κ2) is 5.57. The number of nitrogens with zero attached hydrogens (tertiary/aromatic N) is 2. The summed E-state index contributed by atoms with van der Waals surface area (Å²) in [5, 5.41) is 2.88. The van der Waals surface area contributed by atoms with E-state index >= 15 is 0 Å². The van der Waals surface area contributed by atoms with Crippen molar-refractivity contribution in [2.75, 3.05) is 5.32 Å². The van der Waals surface area contributed by atoms with E-state index in [4.69, 9.17) is 0 Å². The molecule has 0 saturated heterocycles. The van der Waals surface area contributed by atoms with Gasteiger partial charge in [0.2, 0.25) is 5.91 Å². The summed E-state index contributed by atoms with van der Waals surface area (Å²) in [6.45, 7) is 0.624. The monoisotopic (exact) mass is 265 g/mol. The van der Waals surface area contributed by atoms with Crippen molar-refractivity contribution < 1.29 is 4.79 Å². The lowest BCUT2D eigenvalue weighted by Gasteiger charge is -2.06. The van der Waals surface area contributed by atoms with Crippen LogP contribution in [0.2, 0.25) is 0 Å². The Kier molecular flexibility index (Phi) is 3.46. The molecule has 100 valence electrons. The highest BCUT2D eigenvalue weighted by atomic mass is 16.1. The Morgan fingerprint density at radius 1 is 1.05 bits per heavy atom. The SMILES string of the molecule is O=C(CCn1cnc2ccccc21)Nc1ccccc1. The van der Waals surface area contributed by atoms with E-state index in [0.29, 0.717) is 13.0 Å². The van der Waals surface area contributed by atoms with E-state index in [1.165, 1.54) is 0 Å². The predicted molar refractivity (Wildman–Crippen MR) is 79.4 cm³/mol. The summed E-state index contributed by atoms with van der Waals surface area (Å²) in [4.78, 5) is 16.2. The Morgan fingerprint density at radius 3 is 2.65 bits per heavy atom. The summed E-state index contributed by atoms with van der Waals surface area (Å²) in [5.74, 6) is 0.00832. The molecular weight excluding hydrogens is 250 g/mol. The van der Waals surface area contributed by atoms with Gasteiger partial charge in [-0.3, -0.25) is 4.79 Å². The number of carbonyl (C=O) groups is 1. The van der Waals surface area contributed by atoms with Crippen molar-refractivity contribution in [3.8, 4) is 0 Å². The molecule has 0 spiro atoms. The van der Waals surface area contributed by atoms with Crippen LogP contribution in [0.1, 0.15) is 6.42 Å². The first-order valence-electron chi connectivity index (χ1n) is 6.58. The van der Waals surface area contributed by atoms with E-state index in [9.17, 15) is 4.79 Å². The minimum absolute atomic E-state index is 0.00832. The van der Waals surface area contributed by atoms with Crippen molar-refractivity contribution in [2.24, 2.45) is 0 Å². The summed E-state index contributed by atoms with van der Waals surface area (Å²) in [6, 6.07) is 17.4. The van der Waals surface area contributed by atoms with E-state index < -0.39 is 0 Å². The zero-order chi connectivity index (χ0) is 13.8. The quantitative estimate of drug-likeness (QED) is 0.788. The Morgan fingerprint density at radius 2 is 1.80 bits per heavy atom. The van der Waals surface area contributed by atoms with Gasteiger partial charge in [-0.2, -0.15) is 0 Å². The fraction of sp³-hybridized carbons (Fsp3) is 0.125. The Hall–Kier alpha value is -2.62. The Labute approximate surface area is 117 Å². The summed E-state index contributed by atoms with van der Waals surface area (Å²) in [6.07, 6.45) is 2.20. The number of carbonyl (C=O) groups excluding carboxylic acids is 1. The van der Waals surface area contributed by atoms with Gasteiger partial charge >= 0.3 is 0 Å². The van der Waals surface area contributed by atoms with Crippen molar-refractivity contribution in [2.45, 2.75) is 13.0 Å². The summed E-state index contributed by atoms with van der Waals surface area (Å²) < 4.78 is 2.00. The summed E-state index contributed by atoms with van der Waals surface area (Å²) in [5.41, 5.74) is 2.84. The summed E-state index contributed by atoms with van der Waals surface area (Å²) in [7, 11) is 0. The molecule has 0 fully saturated rings. The van der Waals surface area contributed by atoms with E-state index in [1.807, 2.05) is 59.2 Å². The molecule has 2 aromatic carbocycles. The van der Waals surface area contributed by atoms with Gasteiger partial charge < -0.3 is 9.88 Å². The van der Waals surface area contributed by atoms with Crippen LogP contribution in [0.5, 0.6) is 0 Å². The third kappa shape index (κ3) is 2.69. The zero-order valence-electron chi connectivity index (χ0n) is 11.0. The molecule has 4 heteroatoms. The van der Waals surface area contributed by atoms with Crippen LogP contribution in [0.4, 0.5) is 5.69 Å². The number of aryl methyl sites for hydroxylation is 1. The lowest BCUT2D eigenvalue weighted by Crippen LogP contribution is -2.14. The fourth-order valence-corrected chi connectivity index (χ4v) is 2.16. The number of hydrogen-bond donors (Lipinski definition) is 1. The van der Waals surface area contributed by atoms with E-state index in [1.54, 1.807) is 6.33 Å². The van der Waals surface area contributed by atoms with Crippen molar-refractivity contribution in [1.29, 1.82) is 0 Å². The molecule has 0 aliphatic rings. The van der Waals surface area contributed by atoms with Crippen LogP contribution in [-0.2, 0) is 11.3 Å². The number of fused-ring (bicyclic) bond motifs is 1. The van der Waals surface area contributed by atoms with Gasteiger partial charge in [-0.1, -0.05) is 30.3 Å². The molecule has 0 saturated carbocycles. The number of anilines is 1. The number of nitrogens with one attached hydrogen (secondary N) is 1. The lowest BCUT2D eigenvalue weighted by molar-refractivity contribution is -0.116. The number of hydrogen-bond acceptors (Lipinski definition) is 2. The van der Waals surface area contributed by atoms with Gasteiger partial charge in [0.05, 0.1) is 17.4 Å². The van der Waals surface area contributed by atoms with Gasteiger partial charge in [-0.05, 0) is 24.3 Å². The molecule has 0 bridgehead atoms. The molecule has 3 aromatic rings. The van der Waals surface area contributed by atoms with Gasteiger partial charge in [0.1, 0.15) is 0 Å². The molecule has 1 N–H and O–H groups in total. The molecular formula is C16H15N3O. The smallest absolute Gasteiger partial charge is 0.226 e. The average Bonchev–Trinajstić information content (AvgIpc) is 2.89. The molecule has 3 rings (SSSR count). The van der Waals surface area contributed by atoms with Gasteiger partial charge in [0, 0.05) is 18.7 Å². The van der Waals surface area contributed by atoms with Crippen LogP contribution in [-0.4, -0.2) is 15.5 Å². The standard InChI is InChI=1S/C16H15N3O/c20-16(18-13-6-2-1-3-7-13)10-11-19-12-17-14-8-4-5-9-15(14)19/h1-9,12H,10-11H2,(H,18,20). The molecule has 1 aromatic heterocycles. The molecule has 0 unspecified atom stereocenters. The second-order valence-corrected chi connectivity index (χ2v) is 4.59. The van der Waals surface area contributed by atoms with Crippen molar-refractivity contribution in [3.05, 3.63) is 60.9 Å². The normalized spacial score (nSPS) is 10.6. The molecule has 1 amide bonds. The lowest BCUT2D eigenvalue weighted by atomic mass is 10.3. The number of para-hydroxylation sites is 3. The Balaban J connectivity index is 1.63. The molecule has 0 aliphatic heterocycles. The third-order valence-corrected chi connectivity index (χ3v) is 3.16. The number of imidazole rings is 1. The topological polar surface area (TPSA) is 46.9 Å². The average molecular weight is 265 g/mol. The second-order valence-electron chi connectivity index (χ2n) is 4.59. The maximum Gasteiger partial charge on any atom is 0.226 e. The first-order valence-corrected chi connectivity index (χ1v) is 6.58. The van der Waals surface area contributed by atoms with Crippen molar-refractivity contribution in [3.63, 3.8) is 0 Å². The van der Waals surface area contributed by atoms with Crippen LogP contribution in [0, 0.1) is 0 Å². The number of benzene rings is 2. The molecule has 1 heterocycles. The maximum absolute atomic E-state index is 11.9. The fourth-order valence-electron chi connectivity index (χ4n) is 2.16. The van der Waals surface area contributed by atoms with E-state index in [-0.39, 0.29) is 5.91 Å². The van der Waals surface area contributed by atoms with Crippen LogP contribution < -0.4 is 5.32 Å². The van der Waals surface area contributed by atoms with Crippen molar-refractivity contribution >= 4 is 22.6 Å². The maximum atomic E-state index is 11.9. The predicted octanol–water partition coefficient (Wildman–Crippen LogP) is 3.07. The molecule has 20 heavy (non-hydrogen) atoms. The van der Waals surface area contributed by atoms with Gasteiger partial charge in [-0.15, -0.1) is 0 Å². The van der Waals surface area contributed by atoms with Crippen LogP contribution in [0.3, 0.4) is 0 Å². The Bertz CT molecular complexity index is 719. The third-order valence-electron chi connectivity index (χ3n) is 3.16. The van der Waals surface area contributed by atoms with Crippen LogP contribution in [0.25, 0.3) is 11.0 Å². The minimum Gasteiger partial charge on any atom is -0.330 e. The first kappa shape index (κ1) is 12.4. The molecule has 4 nitrogen and oxygen atoms in total. The van der Waals surface area contributed by atoms with Crippen LogP contribution >= 0.6 is 0 Å². The summed E-state index contributed by atoms with van der Waals surface area (Å²) >= 11 is 0. The zero-order valence-corrected chi connectivity index (χ0v) is 11.0. The molecule has 0 radical (unpaired) electrons. The number of rotatable bonds is 4.